The fourth-order valence-corrected chi connectivity index (χ4v) is 2.51. The van der Waals surface area contributed by atoms with Gasteiger partial charge in [-0.3, -0.25) is 4.79 Å². The maximum atomic E-state index is 12.0. The second-order valence-corrected chi connectivity index (χ2v) is 5.87. The van der Waals surface area contributed by atoms with Crippen LogP contribution in [-0.2, 0) is 4.79 Å². The van der Waals surface area contributed by atoms with E-state index in [2.05, 4.69) is 21.5 Å². The highest BCUT2D eigenvalue weighted by Crippen LogP contribution is 2.20. The van der Waals surface area contributed by atoms with Crippen LogP contribution < -0.4 is 10.1 Å². The maximum Gasteiger partial charge on any atom is 0.262 e. The highest BCUT2D eigenvalue weighted by atomic mass is 16.5. The highest BCUT2D eigenvalue weighted by Gasteiger charge is 2.07. The van der Waals surface area contributed by atoms with E-state index >= 15 is 0 Å². The molecule has 25 heavy (non-hydrogen) atoms. The second kappa shape index (κ2) is 7.17. The highest BCUT2D eigenvalue weighted by molar-refractivity contribution is 5.92. The smallest absolute Gasteiger partial charge is 0.262 e. The predicted octanol–water partition coefficient (Wildman–Crippen LogP) is 3.68. The van der Waals surface area contributed by atoms with E-state index in [0.717, 1.165) is 22.4 Å². The number of hydrogen-bond donors (Lipinski definition) is 1. The molecular weight excluding hydrogens is 318 g/mol. The van der Waals surface area contributed by atoms with Crippen LogP contribution >= 0.6 is 0 Å². The van der Waals surface area contributed by atoms with Crippen molar-refractivity contribution in [2.75, 3.05) is 11.9 Å². The van der Waals surface area contributed by atoms with Gasteiger partial charge in [-0.05, 0) is 61.4 Å². The molecule has 0 spiro atoms. The topological polar surface area (TPSA) is 77.2 Å². The van der Waals surface area contributed by atoms with Gasteiger partial charge in [-0.25, -0.2) is 0 Å². The van der Waals surface area contributed by atoms with Crippen LogP contribution in [0, 0.1) is 20.8 Å². The number of nitrogens with one attached hydrogen (secondary N) is 1. The molecule has 1 heterocycles. The molecule has 3 rings (SSSR count). The van der Waals surface area contributed by atoms with Crippen molar-refractivity contribution in [3.05, 3.63) is 59.5 Å². The van der Waals surface area contributed by atoms with Crippen molar-refractivity contribution in [2.24, 2.45) is 0 Å². The van der Waals surface area contributed by atoms with E-state index in [9.17, 15) is 4.79 Å². The van der Waals surface area contributed by atoms with Crippen LogP contribution in [0.1, 0.15) is 17.0 Å². The summed E-state index contributed by atoms with van der Waals surface area (Å²) in [4.78, 5) is 16.2. The van der Waals surface area contributed by atoms with Crippen LogP contribution in [0.5, 0.6) is 5.75 Å². The Hall–Kier alpha value is -3.15. The Kier molecular flexibility index (Phi) is 4.79. The number of benzene rings is 2. The van der Waals surface area contributed by atoms with Crippen molar-refractivity contribution in [1.29, 1.82) is 0 Å². The predicted molar refractivity (Wildman–Crippen MR) is 94.5 cm³/mol. The molecule has 1 aromatic heterocycles. The summed E-state index contributed by atoms with van der Waals surface area (Å²) in [5.41, 5.74) is 3.80. The van der Waals surface area contributed by atoms with Crippen LogP contribution in [0.3, 0.4) is 0 Å². The summed E-state index contributed by atoms with van der Waals surface area (Å²) in [6, 6.07) is 13.1. The Morgan fingerprint density at radius 3 is 2.36 bits per heavy atom. The number of amides is 1. The number of aryl methyl sites for hydroxylation is 3. The first kappa shape index (κ1) is 16.7. The largest absolute Gasteiger partial charge is 0.484 e. The van der Waals surface area contributed by atoms with E-state index in [0.29, 0.717) is 17.5 Å². The van der Waals surface area contributed by atoms with Crippen molar-refractivity contribution >= 4 is 11.6 Å². The molecule has 0 radical (unpaired) electrons. The average Bonchev–Trinajstić information content (AvgIpc) is 2.99. The van der Waals surface area contributed by atoms with E-state index in [-0.39, 0.29) is 12.5 Å². The Bertz CT molecular complexity index is 865. The summed E-state index contributed by atoms with van der Waals surface area (Å²) < 4.78 is 10.5. The standard InChI is InChI=1S/C19H19N3O3/c1-12-8-13(2)10-16(9-12)21-18(23)11-24-17-6-4-15(5-7-17)19-20-14(3)25-22-19/h4-10H,11H2,1-3H3,(H,21,23). The van der Waals surface area contributed by atoms with Crippen molar-refractivity contribution < 1.29 is 14.1 Å². The summed E-state index contributed by atoms with van der Waals surface area (Å²) in [6.07, 6.45) is 0. The molecule has 0 unspecified atom stereocenters. The SMILES string of the molecule is Cc1cc(C)cc(NC(=O)COc2ccc(-c3noc(C)n3)cc2)c1. The lowest BCUT2D eigenvalue weighted by Crippen LogP contribution is -2.20. The first-order valence-electron chi connectivity index (χ1n) is 7.91. The van der Waals surface area contributed by atoms with Gasteiger partial charge in [0.15, 0.2) is 6.61 Å². The molecule has 1 N–H and O–H groups in total. The molecule has 0 fully saturated rings. The van der Waals surface area contributed by atoms with Gasteiger partial charge in [0.1, 0.15) is 5.75 Å². The van der Waals surface area contributed by atoms with E-state index in [4.69, 9.17) is 9.26 Å². The van der Waals surface area contributed by atoms with Crippen LogP contribution in [-0.4, -0.2) is 22.7 Å². The summed E-state index contributed by atoms with van der Waals surface area (Å²) in [7, 11) is 0. The Balaban J connectivity index is 1.56. The van der Waals surface area contributed by atoms with Gasteiger partial charge in [0.25, 0.3) is 5.91 Å². The molecule has 0 aliphatic carbocycles. The Morgan fingerprint density at radius 1 is 1.08 bits per heavy atom. The van der Waals surface area contributed by atoms with Gasteiger partial charge in [0, 0.05) is 18.2 Å². The van der Waals surface area contributed by atoms with Crippen LogP contribution in [0.2, 0.25) is 0 Å². The quantitative estimate of drug-likeness (QED) is 0.768. The zero-order valence-corrected chi connectivity index (χ0v) is 14.4. The van der Waals surface area contributed by atoms with Crippen LogP contribution in [0.25, 0.3) is 11.4 Å². The van der Waals surface area contributed by atoms with Gasteiger partial charge in [0.05, 0.1) is 0 Å². The molecule has 0 bridgehead atoms. The minimum atomic E-state index is -0.206. The normalized spacial score (nSPS) is 10.5. The molecule has 3 aromatic rings. The second-order valence-electron chi connectivity index (χ2n) is 5.87. The molecular formula is C19H19N3O3. The molecule has 6 heteroatoms. The monoisotopic (exact) mass is 337 g/mol. The van der Waals surface area contributed by atoms with Gasteiger partial charge in [-0.1, -0.05) is 11.2 Å². The molecule has 0 saturated carbocycles. The van der Waals surface area contributed by atoms with Crippen molar-refractivity contribution in [3.8, 4) is 17.1 Å². The minimum Gasteiger partial charge on any atom is -0.484 e. The summed E-state index contributed by atoms with van der Waals surface area (Å²) in [5.74, 6) is 1.43. The van der Waals surface area contributed by atoms with Gasteiger partial charge < -0.3 is 14.6 Å². The van der Waals surface area contributed by atoms with Gasteiger partial charge in [-0.15, -0.1) is 0 Å². The lowest BCUT2D eigenvalue weighted by molar-refractivity contribution is -0.118. The molecule has 0 saturated heterocycles. The number of rotatable bonds is 5. The number of aromatic nitrogens is 2. The summed E-state index contributed by atoms with van der Waals surface area (Å²) in [5, 5.41) is 6.70. The third-order valence-corrected chi connectivity index (χ3v) is 3.52. The number of carbonyl (C=O) groups is 1. The average molecular weight is 337 g/mol. The molecule has 0 aliphatic heterocycles. The zero-order valence-electron chi connectivity index (χ0n) is 14.4. The molecule has 6 nitrogen and oxygen atoms in total. The fourth-order valence-electron chi connectivity index (χ4n) is 2.51. The van der Waals surface area contributed by atoms with E-state index in [1.807, 2.05) is 38.1 Å². The molecule has 2 aromatic carbocycles. The molecule has 0 atom stereocenters. The fraction of sp³-hybridized carbons (Fsp3) is 0.211. The minimum absolute atomic E-state index is 0.0619. The van der Waals surface area contributed by atoms with Crippen molar-refractivity contribution in [3.63, 3.8) is 0 Å². The van der Waals surface area contributed by atoms with Gasteiger partial charge >= 0.3 is 0 Å². The third-order valence-electron chi connectivity index (χ3n) is 3.52. The van der Waals surface area contributed by atoms with Crippen molar-refractivity contribution in [2.45, 2.75) is 20.8 Å². The van der Waals surface area contributed by atoms with Crippen LogP contribution in [0.15, 0.2) is 47.0 Å². The first-order valence-corrected chi connectivity index (χ1v) is 7.91. The lowest BCUT2D eigenvalue weighted by Gasteiger charge is -2.09. The third kappa shape index (κ3) is 4.44. The van der Waals surface area contributed by atoms with Gasteiger partial charge in [0.2, 0.25) is 11.7 Å². The van der Waals surface area contributed by atoms with E-state index < -0.39 is 0 Å². The van der Waals surface area contributed by atoms with Gasteiger partial charge in [-0.2, -0.15) is 4.98 Å². The number of anilines is 1. The maximum absolute atomic E-state index is 12.0. The van der Waals surface area contributed by atoms with Crippen LogP contribution in [0.4, 0.5) is 5.69 Å². The zero-order chi connectivity index (χ0) is 17.8. The molecule has 1 amide bonds. The van der Waals surface area contributed by atoms with E-state index in [1.54, 1.807) is 19.1 Å². The molecule has 128 valence electrons. The number of carbonyl (C=O) groups excluding carboxylic acids is 1. The number of ether oxygens (including phenoxy) is 1. The lowest BCUT2D eigenvalue weighted by atomic mass is 10.1. The molecule has 0 aliphatic rings. The first-order chi connectivity index (χ1) is 12.0. The van der Waals surface area contributed by atoms with E-state index in [1.165, 1.54) is 0 Å². The Labute approximate surface area is 145 Å². The summed E-state index contributed by atoms with van der Waals surface area (Å²) in [6.45, 7) is 5.66. The number of nitrogens with zero attached hydrogens (tertiary/aromatic N) is 2. The van der Waals surface area contributed by atoms with Crippen molar-refractivity contribution in [1.82, 2.24) is 10.1 Å². The summed E-state index contributed by atoms with van der Waals surface area (Å²) >= 11 is 0. The number of hydrogen-bond acceptors (Lipinski definition) is 5. The Morgan fingerprint density at radius 2 is 1.76 bits per heavy atom.